The molecular formula is C16H19IOSe. The van der Waals surface area contributed by atoms with E-state index in [0.717, 1.165) is 22.6 Å². The zero-order chi connectivity index (χ0) is 13.5. The first kappa shape index (κ1) is 14.1. The van der Waals surface area contributed by atoms with E-state index in [2.05, 4.69) is 59.8 Å². The average molecular weight is 433 g/mol. The van der Waals surface area contributed by atoms with Crippen LogP contribution in [0.25, 0.3) is 0 Å². The molecule has 19 heavy (non-hydrogen) atoms. The molecule has 102 valence electrons. The van der Waals surface area contributed by atoms with Crippen molar-refractivity contribution in [3.05, 3.63) is 30.3 Å². The fourth-order valence-corrected chi connectivity index (χ4v) is 8.18. The molecule has 1 aromatic rings. The van der Waals surface area contributed by atoms with Crippen LogP contribution >= 0.6 is 22.6 Å². The van der Waals surface area contributed by atoms with E-state index in [9.17, 15) is 4.79 Å². The Kier molecular flexibility index (Phi) is 3.83. The van der Waals surface area contributed by atoms with Crippen LogP contribution in [0, 0.1) is 16.7 Å². The number of hydrogen-bond donors (Lipinski definition) is 0. The monoisotopic (exact) mass is 434 g/mol. The molecule has 2 saturated carbocycles. The molecule has 3 heteroatoms. The van der Waals surface area contributed by atoms with Gasteiger partial charge in [0.2, 0.25) is 0 Å². The van der Waals surface area contributed by atoms with Crippen molar-refractivity contribution in [2.75, 3.05) is 4.43 Å². The van der Waals surface area contributed by atoms with Crippen molar-refractivity contribution in [2.24, 2.45) is 16.7 Å². The molecule has 0 aliphatic heterocycles. The van der Waals surface area contributed by atoms with Gasteiger partial charge < -0.3 is 0 Å². The third-order valence-electron chi connectivity index (χ3n) is 5.39. The summed E-state index contributed by atoms with van der Waals surface area (Å²) >= 11 is 2.94. The van der Waals surface area contributed by atoms with Gasteiger partial charge in [0.25, 0.3) is 0 Å². The summed E-state index contributed by atoms with van der Waals surface area (Å²) in [5.41, 5.74) is 0.274. The molecule has 2 bridgehead atoms. The van der Waals surface area contributed by atoms with Crippen LogP contribution in [0.1, 0.15) is 26.2 Å². The van der Waals surface area contributed by atoms with Gasteiger partial charge in [-0.15, -0.1) is 0 Å². The quantitative estimate of drug-likeness (QED) is 0.405. The molecular weight excluding hydrogens is 414 g/mol. The Balaban J connectivity index is 1.83. The standard InChI is InChI=1S/C16H19IOSe/c1-15(10-17)12-7-8-16(15,14(18)9-12)11-19-13-5-3-2-4-6-13/h2-6,12H,7-11H2,1H3/t12-,15?,16-/m1/s1. The molecule has 3 rings (SSSR count). The van der Waals surface area contributed by atoms with Gasteiger partial charge >= 0.3 is 136 Å². The van der Waals surface area contributed by atoms with Crippen molar-refractivity contribution < 1.29 is 4.79 Å². The molecule has 1 unspecified atom stereocenters. The molecule has 0 N–H and O–H groups in total. The van der Waals surface area contributed by atoms with E-state index in [4.69, 9.17) is 0 Å². The van der Waals surface area contributed by atoms with Crippen molar-refractivity contribution in [2.45, 2.75) is 31.5 Å². The second-order valence-corrected chi connectivity index (χ2v) is 9.06. The predicted molar refractivity (Wildman–Crippen MR) is 88.4 cm³/mol. The molecule has 1 aromatic carbocycles. The maximum atomic E-state index is 12.6. The second-order valence-electron chi connectivity index (χ2n) is 6.10. The molecule has 1 nitrogen and oxygen atoms in total. The van der Waals surface area contributed by atoms with E-state index in [1.165, 1.54) is 10.9 Å². The first-order chi connectivity index (χ1) is 9.12. The molecule has 2 aliphatic rings. The van der Waals surface area contributed by atoms with Crippen LogP contribution in [0.2, 0.25) is 5.32 Å². The number of hydrogen-bond acceptors (Lipinski definition) is 1. The number of Topliss-reactive ketones (excluding diaryl/α,β-unsaturated/α-hetero) is 1. The number of carbonyl (C=O) groups is 1. The Hall–Kier alpha value is 0.139. The zero-order valence-corrected chi connectivity index (χ0v) is 15.1. The van der Waals surface area contributed by atoms with E-state index in [1.807, 2.05) is 0 Å². The van der Waals surface area contributed by atoms with Gasteiger partial charge in [-0.25, -0.2) is 0 Å². The summed E-state index contributed by atoms with van der Waals surface area (Å²) in [6, 6.07) is 10.7. The van der Waals surface area contributed by atoms with E-state index >= 15 is 0 Å². The molecule has 2 aliphatic carbocycles. The van der Waals surface area contributed by atoms with Crippen molar-refractivity contribution in [3.63, 3.8) is 0 Å². The molecule has 2 fully saturated rings. The van der Waals surface area contributed by atoms with Crippen LogP contribution in [0.4, 0.5) is 0 Å². The van der Waals surface area contributed by atoms with E-state index in [0.29, 0.717) is 26.7 Å². The molecule has 0 aromatic heterocycles. The van der Waals surface area contributed by atoms with E-state index in [1.54, 1.807) is 0 Å². The van der Waals surface area contributed by atoms with Crippen molar-refractivity contribution >= 4 is 47.8 Å². The van der Waals surface area contributed by atoms with Gasteiger partial charge in [-0.3, -0.25) is 0 Å². The van der Waals surface area contributed by atoms with Gasteiger partial charge in [0.1, 0.15) is 0 Å². The van der Waals surface area contributed by atoms with Crippen LogP contribution in [-0.4, -0.2) is 25.2 Å². The Morgan fingerprint density at radius 3 is 2.74 bits per heavy atom. The van der Waals surface area contributed by atoms with Crippen LogP contribution in [0.5, 0.6) is 0 Å². The number of rotatable bonds is 4. The zero-order valence-electron chi connectivity index (χ0n) is 11.2. The SMILES string of the molecule is CC1(CI)[C@@H]2CC[C@@]1(C[Se]c1ccccc1)C(=O)C2. The average Bonchev–Trinajstić information content (AvgIpc) is 2.83. The Morgan fingerprint density at radius 2 is 2.11 bits per heavy atom. The topological polar surface area (TPSA) is 17.1 Å². The maximum absolute atomic E-state index is 12.6. The summed E-state index contributed by atoms with van der Waals surface area (Å²) in [6.45, 7) is 2.38. The summed E-state index contributed by atoms with van der Waals surface area (Å²) in [7, 11) is 0. The minimum absolute atomic E-state index is 0.00863. The first-order valence-electron chi connectivity index (χ1n) is 6.89. The van der Waals surface area contributed by atoms with Crippen molar-refractivity contribution in [1.82, 2.24) is 0 Å². The van der Waals surface area contributed by atoms with Gasteiger partial charge in [-0.2, -0.15) is 0 Å². The Morgan fingerprint density at radius 1 is 1.37 bits per heavy atom. The number of alkyl halides is 1. The summed E-state index contributed by atoms with van der Waals surface area (Å²) in [6.07, 6.45) is 3.27. The predicted octanol–water partition coefficient (Wildman–Crippen LogP) is 3.24. The van der Waals surface area contributed by atoms with Gasteiger partial charge in [0.15, 0.2) is 0 Å². The van der Waals surface area contributed by atoms with Crippen LogP contribution in [-0.2, 0) is 4.79 Å². The second kappa shape index (κ2) is 5.16. The number of benzene rings is 1. The third-order valence-corrected chi connectivity index (χ3v) is 9.58. The van der Waals surface area contributed by atoms with E-state index < -0.39 is 0 Å². The molecule has 0 amide bonds. The molecule has 0 spiro atoms. The van der Waals surface area contributed by atoms with Crippen molar-refractivity contribution in [3.8, 4) is 0 Å². The number of ketones is 1. The first-order valence-corrected chi connectivity index (χ1v) is 10.5. The number of halogens is 1. The van der Waals surface area contributed by atoms with Gasteiger partial charge in [0, 0.05) is 0 Å². The van der Waals surface area contributed by atoms with Crippen LogP contribution in [0.3, 0.4) is 0 Å². The third kappa shape index (κ3) is 2.04. The molecule has 0 heterocycles. The Labute approximate surface area is 135 Å². The minimum atomic E-state index is 0.00863. The van der Waals surface area contributed by atoms with Crippen molar-refractivity contribution in [1.29, 1.82) is 0 Å². The fraction of sp³-hybridized carbons (Fsp3) is 0.562. The molecule has 0 radical (unpaired) electrons. The summed E-state index contributed by atoms with van der Waals surface area (Å²) in [5, 5.41) is 1.11. The summed E-state index contributed by atoms with van der Waals surface area (Å²) in [5.74, 6) is 1.23. The van der Waals surface area contributed by atoms with Crippen LogP contribution in [0.15, 0.2) is 30.3 Å². The normalized spacial score (nSPS) is 36.9. The van der Waals surface area contributed by atoms with Crippen LogP contribution < -0.4 is 4.46 Å². The summed E-state index contributed by atoms with van der Waals surface area (Å²) < 4.78 is 2.56. The summed E-state index contributed by atoms with van der Waals surface area (Å²) in [4.78, 5) is 12.6. The number of fused-ring (bicyclic) bond motifs is 2. The molecule has 0 saturated heterocycles. The van der Waals surface area contributed by atoms with Gasteiger partial charge in [-0.05, 0) is 0 Å². The van der Waals surface area contributed by atoms with E-state index in [-0.39, 0.29) is 10.8 Å². The molecule has 3 atom stereocenters. The van der Waals surface area contributed by atoms with Gasteiger partial charge in [-0.1, -0.05) is 0 Å². The van der Waals surface area contributed by atoms with Gasteiger partial charge in [0.05, 0.1) is 0 Å². The Bertz CT molecular complexity index is 489. The fourth-order valence-electron chi connectivity index (χ4n) is 3.90. The number of carbonyl (C=O) groups excluding carboxylic acids is 1.